The predicted molar refractivity (Wildman–Crippen MR) is 99.5 cm³/mol. The summed E-state index contributed by atoms with van der Waals surface area (Å²) >= 11 is 0. The normalized spacial score (nSPS) is 13.4. The summed E-state index contributed by atoms with van der Waals surface area (Å²) in [6.07, 6.45) is 1.03. The van der Waals surface area contributed by atoms with Gasteiger partial charge < -0.3 is 14.4 Å². The Morgan fingerprint density at radius 3 is 2.54 bits per heavy atom. The summed E-state index contributed by atoms with van der Waals surface area (Å²) in [5.74, 6) is -0.579. The minimum absolute atomic E-state index is 0.140. The largest absolute Gasteiger partial charge is 0.497 e. The summed E-state index contributed by atoms with van der Waals surface area (Å²) in [7, 11) is -1.06. The zero-order valence-corrected chi connectivity index (χ0v) is 16.4. The molecule has 0 bridgehead atoms. The van der Waals surface area contributed by atoms with Crippen molar-refractivity contribution < 1.29 is 27.5 Å². The van der Waals surface area contributed by atoms with Crippen molar-refractivity contribution in [3.05, 3.63) is 53.2 Å². The minimum Gasteiger partial charge on any atom is -0.497 e. The Morgan fingerprint density at radius 2 is 1.89 bits per heavy atom. The first-order chi connectivity index (χ1) is 13.4. The first kappa shape index (κ1) is 19.8. The number of benzene rings is 1. The summed E-state index contributed by atoms with van der Waals surface area (Å²) in [5.41, 5.74) is 1.58. The number of pyridine rings is 1. The van der Waals surface area contributed by atoms with Gasteiger partial charge in [-0.05, 0) is 23.8 Å². The Morgan fingerprint density at radius 1 is 1.18 bits per heavy atom. The first-order valence-corrected chi connectivity index (χ1v) is 10.2. The fourth-order valence-corrected chi connectivity index (χ4v) is 4.42. The van der Waals surface area contributed by atoms with Crippen molar-refractivity contribution in [3.8, 4) is 5.75 Å². The van der Waals surface area contributed by atoms with Crippen LogP contribution in [-0.2, 0) is 32.5 Å². The number of rotatable bonds is 7. The highest BCUT2D eigenvalue weighted by Crippen LogP contribution is 2.29. The molecule has 3 rings (SSSR count). The molecule has 0 aliphatic carbocycles. The Labute approximate surface area is 163 Å². The smallest absolute Gasteiger partial charge is 0.306 e. The summed E-state index contributed by atoms with van der Waals surface area (Å²) in [4.78, 5) is 29.6. The quantitative estimate of drug-likeness (QED) is 0.646. The number of amides is 1. The number of hydrogen-bond acceptors (Lipinski definition) is 7. The lowest BCUT2D eigenvalue weighted by Gasteiger charge is -2.16. The second-order valence-electron chi connectivity index (χ2n) is 6.30. The molecule has 0 atom stereocenters. The van der Waals surface area contributed by atoms with Gasteiger partial charge in [0, 0.05) is 30.4 Å². The lowest BCUT2D eigenvalue weighted by atomic mass is 10.2. The van der Waals surface area contributed by atoms with Crippen molar-refractivity contribution >= 4 is 21.7 Å². The zero-order valence-electron chi connectivity index (χ0n) is 15.5. The molecule has 148 valence electrons. The molecule has 2 heterocycles. The number of carbonyl (C=O) groups is 2. The van der Waals surface area contributed by atoms with Crippen molar-refractivity contribution in [3.63, 3.8) is 0 Å². The fourth-order valence-electron chi connectivity index (χ4n) is 3.02. The van der Waals surface area contributed by atoms with Crippen LogP contribution in [0.3, 0.4) is 0 Å². The van der Waals surface area contributed by atoms with Crippen LogP contribution in [0.2, 0.25) is 0 Å². The second kappa shape index (κ2) is 7.97. The van der Waals surface area contributed by atoms with E-state index in [1.54, 1.807) is 24.1 Å². The van der Waals surface area contributed by atoms with Crippen LogP contribution in [0.5, 0.6) is 5.75 Å². The molecular weight excluding hydrogens is 384 g/mol. The van der Waals surface area contributed by atoms with Crippen LogP contribution in [0, 0.1) is 0 Å². The van der Waals surface area contributed by atoms with Gasteiger partial charge in [0.2, 0.25) is 0 Å². The SMILES string of the molecule is COC(=O)CCS(=O)(=O)c1nccc2c1CN(Cc1ccc(OC)cc1)C2=O. The van der Waals surface area contributed by atoms with Gasteiger partial charge in [-0.25, -0.2) is 13.4 Å². The molecule has 1 aromatic heterocycles. The summed E-state index contributed by atoms with van der Waals surface area (Å²) in [6.45, 7) is 0.472. The van der Waals surface area contributed by atoms with Gasteiger partial charge in [-0.15, -0.1) is 0 Å². The molecule has 2 aromatic rings. The molecule has 9 heteroatoms. The third kappa shape index (κ3) is 3.99. The number of hydrogen-bond donors (Lipinski definition) is 0. The highest BCUT2D eigenvalue weighted by molar-refractivity contribution is 7.91. The zero-order chi connectivity index (χ0) is 20.3. The molecule has 0 spiro atoms. The highest BCUT2D eigenvalue weighted by Gasteiger charge is 2.34. The van der Waals surface area contributed by atoms with Gasteiger partial charge in [0.05, 0.1) is 26.4 Å². The van der Waals surface area contributed by atoms with E-state index in [9.17, 15) is 18.0 Å². The molecule has 0 saturated heterocycles. The van der Waals surface area contributed by atoms with Gasteiger partial charge in [-0.1, -0.05) is 12.1 Å². The van der Waals surface area contributed by atoms with Gasteiger partial charge in [0.15, 0.2) is 14.9 Å². The van der Waals surface area contributed by atoms with Crippen LogP contribution in [-0.4, -0.2) is 50.2 Å². The van der Waals surface area contributed by atoms with Gasteiger partial charge in [-0.3, -0.25) is 9.59 Å². The van der Waals surface area contributed by atoms with E-state index in [1.807, 2.05) is 12.1 Å². The van der Waals surface area contributed by atoms with E-state index in [1.165, 1.54) is 19.4 Å². The maximum atomic E-state index is 12.7. The summed E-state index contributed by atoms with van der Waals surface area (Å²) < 4.78 is 34.9. The van der Waals surface area contributed by atoms with Crippen LogP contribution in [0.15, 0.2) is 41.6 Å². The van der Waals surface area contributed by atoms with Gasteiger partial charge >= 0.3 is 5.97 Å². The molecule has 1 amide bonds. The molecule has 0 saturated carbocycles. The number of aromatic nitrogens is 1. The molecule has 0 radical (unpaired) electrons. The number of fused-ring (bicyclic) bond motifs is 1. The topological polar surface area (TPSA) is 103 Å². The number of ether oxygens (including phenoxy) is 2. The number of nitrogens with zero attached hydrogens (tertiary/aromatic N) is 2. The number of methoxy groups -OCH3 is 2. The summed E-state index contributed by atoms with van der Waals surface area (Å²) in [5, 5.41) is -0.153. The predicted octanol–water partition coefficient (Wildman–Crippen LogP) is 1.58. The molecule has 1 aliphatic rings. The average Bonchev–Trinajstić information content (AvgIpc) is 3.02. The van der Waals surface area contributed by atoms with Crippen molar-refractivity contribution in [2.45, 2.75) is 24.5 Å². The van der Waals surface area contributed by atoms with Gasteiger partial charge in [0.1, 0.15) is 5.75 Å². The van der Waals surface area contributed by atoms with Crippen molar-refractivity contribution in [2.24, 2.45) is 0 Å². The molecule has 28 heavy (non-hydrogen) atoms. The van der Waals surface area contributed by atoms with E-state index in [4.69, 9.17) is 4.74 Å². The molecule has 0 fully saturated rings. The van der Waals surface area contributed by atoms with Crippen LogP contribution in [0.1, 0.15) is 27.9 Å². The van der Waals surface area contributed by atoms with Crippen LogP contribution < -0.4 is 4.74 Å². The molecule has 0 unspecified atom stereocenters. The Bertz CT molecular complexity index is 1000. The van der Waals surface area contributed by atoms with E-state index in [2.05, 4.69) is 9.72 Å². The van der Waals surface area contributed by atoms with Crippen LogP contribution in [0.25, 0.3) is 0 Å². The monoisotopic (exact) mass is 404 g/mol. The van der Waals surface area contributed by atoms with E-state index >= 15 is 0 Å². The lowest BCUT2D eigenvalue weighted by molar-refractivity contribution is -0.140. The number of carbonyl (C=O) groups excluding carboxylic acids is 2. The highest BCUT2D eigenvalue weighted by atomic mass is 32.2. The van der Waals surface area contributed by atoms with Gasteiger partial charge in [0.25, 0.3) is 5.91 Å². The first-order valence-electron chi connectivity index (χ1n) is 8.55. The molecule has 8 nitrogen and oxygen atoms in total. The lowest BCUT2D eigenvalue weighted by Crippen LogP contribution is -2.23. The van der Waals surface area contributed by atoms with E-state index < -0.39 is 21.6 Å². The Hall–Kier alpha value is -2.94. The van der Waals surface area contributed by atoms with Gasteiger partial charge in [-0.2, -0.15) is 0 Å². The molecular formula is C19H20N2O6S. The third-order valence-electron chi connectivity index (χ3n) is 4.51. The van der Waals surface area contributed by atoms with E-state index in [-0.39, 0.29) is 23.9 Å². The Balaban J connectivity index is 1.82. The number of esters is 1. The molecule has 1 aromatic carbocycles. The van der Waals surface area contributed by atoms with E-state index in [0.717, 1.165) is 5.56 Å². The van der Waals surface area contributed by atoms with E-state index in [0.29, 0.717) is 23.4 Å². The van der Waals surface area contributed by atoms with Crippen molar-refractivity contribution in [2.75, 3.05) is 20.0 Å². The minimum atomic E-state index is -3.83. The third-order valence-corrected chi connectivity index (χ3v) is 6.20. The van der Waals surface area contributed by atoms with Crippen LogP contribution >= 0.6 is 0 Å². The molecule has 1 aliphatic heterocycles. The van der Waals surface area contributed by atoms with Crippen LogP contribution in [0.4, 0.5) is 0 Å². The maximum absolute atomic E-state index is 12.7. The summed E-state index contributed by atoms with van der Waals surface area (Å²) in [6, 6.07) is 8.81. The standard InChI is InChI=1S/C19H20N2O6S/c1-26-14-5-3-13(4-6-14)11-21-12-16-15(19(21)23)7-9-20-18(16)28(24,25)10-8-17(22)27-2/h3-7,9H,8,10-12H2,1-2H3. The maximum Gasteiger partial charge on any atom is 0.306 e. The van der Waals surface area contributed by atoms with Crippen molar-refractivity contribution in [1.82, 2.24) is 9.88 Å². The fraction of sp³-hybridized carbons (Fsp3) is 0.316. The second-order valence-corrected chi connectivity index (χ2v) is 8.32. The number of sulfone groups is 1. The molecule has 0 N–H and O–H groups in total. The van der Waals surface area contributed by atoms with Crippen molar-refractivity contribution in [1.29, 1.82) is 0 Å². The average molecular weight is 404 g/mol. The Kier molecular flexibility index (Phi) is 5.64.